The van der Waals surface area contributed by atoms with Gasteiger partial charge in [0.2, 0.25) is 11.8 Å². The molecule has 1 aliphatic heterocycles. The van der Waals surface area contributed by atoms with Gasteiger partial charge >= 0.3 is 6.01 Å². The molecule has 0 atom stereocenters. The van der Waals surface area contributed by atoms with E-state index in [1.807, 2.05) is 19.1 Å². The molecule has 3 amide bonds. The van der Waals surface area contributed by atoms with E-state index in [2.05, 4.69) is 15.5 Å². The molecular weight excluding hydrogens is 428 g/mol. The van der Waals surface area contributed by atoms with Crippen molar-refractivity contribution in [1.29, 1.82) is 0 Å². The van der Waals surface area contributed by atoms with Gasteiger partial charge < -0.3 is 13.6 Å². The molecule has 0 bridgehead atoms. The minimum Gasteiger partial charge on any atom is -0.490 e. The lowest BCUT2D eigenvalue weighted by molar-refractivity contribution is -0.121. The number of nitrogens with zero attached hydrogens (tertiary/aromatic N) is 3. The second kappa shape index (κ2) is 8.23. The zero-order valence-corrected chi connectivity index (χ0v) is 17.5. The van der Waals surface area contributed by atoms with Crippen molar-refractivity contribution in [3.05, 3.63) is 54.1 Å². The van der Waals surface area contributed by atoms with Crippen molar-refractivity contribution in [3.63, 3.8) is 0 Å². The van der Waals surface area contributed by atoms with Gasteiger partial charge in [-0.2, -0.15) is 0 Å². The fourth-order valence-corrected chi connectivity index (χ4v) is 3.58. The Kier molecular flexibility index (Phi) is 5.09. The number of anilines is 2. The number of ether oxygens (including phenoxy) is 1. The number of furan rings is 1. The van der Waals surface area contributed by atoms with Crippen LogP contribution in [0.3, 0.4) is 0 Å². The molecule has 0 radical (unpaired) electrons. The topological polar surface area (TPSA) is 128 Å². The fraction of sp³-hybridized carbons (Fsp3) is 0.174. The molecule has 2 aromatic carbocycles. The highest BCUT2D eigenvalue weighted by Gasteiger charge is 2.30. The van der Waals surface area contributed by atoms with E-state index in [1.54, 1.807) is 24.3 Å². The summed E-state index contributed by atoms with van der Waals surface area (Å²) in [7, 11) is 0. The van der Waals surface area contributed by atoms with E-state index in [9.17, 15) is 14.4 Å². The van der Waals surface area contributed by atoms with Gasteiger partial charge in [-0.1, -0.05) is 17.2 Å². The minimum atomic E-state index is -0.487. The number of carbonyl (C=O) groups is 3. The molecule has 0 spiro atoms. The van der Waals surface area contributed by atoms with Crippen molar-refractivity contribution >= 4 is 40.4 Å². The smallest absolute Gasteiger partial charge is 0.322 e. The van der Waals surface area contributed by atoms with E-state index in [0.29, 0.717) is 35.0 Å². The summed E-state index contributed by atoms with van der Waals surface area (Å²) in [6.07, 6.45) is 0.386. The Balaban J connectivity index is 1.31. The van der Waals surface area contributed by atoms with Gasteiger partial charge in [0.1, 0.15) is 0 Å². The van der Waals surface area contributed by atoms with Gasteiger partial charge in [0.25, 0.3) is 11.8 Å². The van der Waals surface area contributed by atoms with E-state index in [-0.39, 0.29) is 36.6 Å². The summed E-state index contributed by atoms with van der Waals surface area (Å²) < 4.78 is 16.9. The largest absolute Gasteiger partial charge is 0.490 e. The molecule has 0 unspecified atom stereocenters. The highest BCUT2D eigenvalue weighted by atomic mass is 16.5. The van der Waals surface area contributed by atoms with Gasteiger partial charge in [0.05, 0.1) is 12.3 Å². The van der Waals surface area contributed by atoms with E-state index < -0.39 is 5.91 Å². The van der Waals surface area contributed by atoms with Gasteiger partial charge in [0.15, 0.2) is 17.1 Å². The third-order valence-corrected chi connectivity index (χ3v) is 5.10. The molecule has 1 N–H and O–H groups in total. The van der Waals surface area contributed by atoms with Crippen molar-refractivity contribution < 1.29 is 28.0 Å². The number of benzene rings is 2. The number of aromatic nitrogens is 2. The molecule has 33 heavy (non-hydrogen) atoms. The Morgan fingerprint density at radius 1 is 1.06 bits per heavy atom. The zero-order chi connectivity index (χ0) is 22.9. The van der Waals surface area contributed by atoms with Crippen LogP contribution in [-0.2, 0) is 9.59 Å². The second-order valence-corrected chi connectivity index (χ2v) is 7.25. The molecule has 5 rings (SSSR count). The van der Waals surface area contributed by atoms with Crippen LogP contribution >= 0.6 is 0 Å². The van der Waals surface area contributed by atoms with Crippen LogP contribution in [0.15, 0.2) is 57.4 Å². The van der Waals surface area contributed by atoms with E-state index in [1.165, 1.54) is 12.1 Å². The summed E-state index contributed by atoms with van der Waals surface area (Å²) in [5.41, 5.74) is 1.28. The molecule has 2 aromatic heterocycles. The standard InChI is InChI=1S/C23H18N4O6/c1-2-31-16-5-3-4-14-12-17(32-20(14)16)22-25-26-23(33-22)24-21(30)13-6-8-15(9-7-13)27-18(28)10-11-19(27)29/h3-9,12H,2,10-11H2,1H3,(H,24,26,30). The van der Waals surface area contributed by atoms with Crippen molar-refractivity contribution in [2.75, 3.05) is 16.8 Å². The number of carbonyl (C=O) groups excluding carboxylic acids is 3. The Morgan fingerprint density at radius 2 is 1.82 bits per heavy atom. The first-order valence-corrected chi connectivity index (χ1v) is 10.3. The Morgan fingerprint density at radius 3 is 2.55 bits per heavy atom. The normalized spacial score (nSPS) is 13.7. The molecule has 10 nitrogen and oxygen atoms in total. The van der Waals surface area contributed by atoms with Crippen molar-refractivity contribution in [1.82, 2.24) is 10.2 Å². The predicted molar refractivity (Wildman–Crippen MR) is 117 cm³/mol. The summed E-state index contributed by atoms with van der Waals surface area (Å²) in [5, 5.41) is 11.1. The maximum atomic E-state index is 12.6. The minimum absolute atomic E-state index is 0.102. The number of hydrogen-bond donors (Lipinski definition) is 1. The number of amides is 3. The third-order valence-electron chi connectivity index (χ3n) is 5.10. The summed E-state index contributed by atoms with van der Waals surface area (Å²) in [4.78, 5) is 37.4. The van der Waals surface area contributed by atoms with Gasteiger partial charge in [0, 0.05) is 23.8 Å². The van der Waals surface area contributed by atoms with Crippen molar-refractivity contribution in [2.24, 2.45) is 0 Å². The van der Waals surface area contributed by atoms with Crippen LogP contribution in [0.5, 0.6) is 5.75 Å². The average Bonchev–Trinajstić information content (AvgIpc) is 3.53. The highest BCUT2D eigenvalue weighted by molar-refractivity contribution is 6.20. The summed E-state index contributed by atoms with van der Waals surface area (Å²) in [6.45, 7) is 2.38. The molecule has 10 heteroatoms. The van der Waals surface area contributed by atoms with Crippen molar-refractivity contribution in [2.45, 2.75) is 19.8 Å². The van der Waals surface area contributed by atoms with Crippen LogP contribution < -0.4 is 15.0 Å². The lowest BCUT2D eigenvalue weighted by Crippen LogP contribution is -2.28. The highest BCUT2D eigenvalue weighted by Crippen LogP contribution is 2.33. The predicted octanol–water partition coefficient (Wildman–Crippen LogP) is 3.79. The maximum absolute atomic E-state index is 12.6. The van der Waals surface area contributed by atoms with Crippen LogP contribution in [0.1, 0.15) is 30.1 Å². The maximum Gasteiger partial charge on any atom is 0.322 e. The molecule has 4 aromatic rings. The molecule has 3 heterocycles. The first kappa shape index (κ1) is 20.4. The van der Waals surface area contributed by atoms with Gasteiger partial charge in [-0.25, -0.2) is 0 Å². The van der Waals surface area contributed by atoms with E-state index in [4.69, 9.17) is 13.6 Å². The Labute approximate surface area is 187 Å². The second-order valence-electron chi connectivity index (χ2n) is 7.25. The third kappa shape index (κ3) is 3.82. The van der Waals surface area contributed by atoms with Crippen LogP contribution in [0.25, 0.3) is 22.6 Å². The molecule has 0 aliphatic carbocycles. The lowest BCUT2D eigenvalue weighted by atomic mass is 10.2. The summed E-state index contributed by atoms with van der Waals surface area (Å²) in [5.74, 6) is 0.0537. The molecule has 166 valence electrons. The van der Waals surface area contributed by atoms with Crippen molar-refractivity contribution in [3.8, 4) is 17.4 Å². The van der Waals surface area contributed by atoms with Gasteiger partial charge in [-0.05, 0) is 43.3 Å². The zero-order valence-electron chi connectivity index (χ0n) is 17.5. The monoisotopic (exact) mass is 446 g/mol. The van der Waals surface area contributed by atoms with E-state index in [0.717, 1.165) is 10.3 Å². The van der Waals surface area contributed by atoms with E-state index >= 15 is 0 Å². The van der Waals surface area contributed by atoms with Crippen LogP contribution in [-0.4, -0.2) is 34.5 Å². The number of para-hydroxylation sites is 1. The van der Waals surface area contributed by atoms with Gasteiger partial charge in [-0.3, -0.25) is 24.6 Å². The Bertz CT molecular complexity index is 1360. The molecule has 0 saturated carbocycles. The number of imide groups is 1. The first-order valence-electron chi connectivity index (χ1n) is 10.3. The SMILES string of the molecule is CCOc1cccc2cc(-c3nnc(NC(=O)c4ccc(N5C(=O)CCC5=O)cc4)o3)oc12. The first-order chi connectivity index (χ1) is 16.0. The van der Waals surface area contributed by atoms with Crippen LogP contribution in [0, 0.1) is 0 Å². The number of hydrogen-bond acceptors (Lipinski definition) is 8. The molecule has 1 fully saturated rings. The summed E-state index contributed by atoms with van der Waals surface area (Å²) >= 11 is 0. The molecule has 1 aliphatic rings. The fourth-order valence-electron chi connectivity index (χ4n) is 3.58. The van der Waals surface area contributed by atoms with Crippen LogP contribution in [0.4, 0.5) is 11.7 Å². The van der Waals surface area contributed by atoms with Gasteiger partial charge in [-0.15, -0.1) is 5.10 Å². The number of fused-ring (bicyclic) bond motifs is 1. The Hall–Kier alpha value is -4.47. The number of nitrogens with one attached hydrogen (secondary N) is 1. The molecular formula is C23H18N4O6. The average molecular weight is 446 g/mol. The summed E-state index contributed by atoms with van der Waals surface area (Å²) in [6, 6.07) is 13.3. The number of rotatable bonds is 6. The quantitative estimate of drug-likeness (QED) is 0.443. The van der Waals surface area contributed by atoms with Crippen LogP contribution in [0.2, 0.25) is 0 Å². The lowest BCUT2D eigenvalue weighted by Gasteiger charge is -2.13. The molecule has 1 saturated heterocycles.